The van der Waals surface area contributed by atoms with Gasteiger partial charge in [0.15, 0.2) is 0 Å². The summed E-state index contributed by atoms with van der Waals surface area (Å²) < 4.78 is 0.571. The molecule has 2 unspecified atom stereocenters. The van der Waals surface area contributed by atoms with Gasteiger partial charge >= 0.3 is 5.97 Å². The molecule has 0 radical (unpaired) electrons. The third-order valence-electron chi connectivity index (χ3n) is 4.17. The van der Waals surface area contributed by atoms with Crippen molar-refractivity contribution in [2.24, 2.45) is 5.92 Å². The van der Waals surface area contributed by atoms with Crippen LogP contribution in [0.3, 0.4) is 0 Å². The lowest BCUT2D eigenvalue weighted by Gasteiger charge is -2.25. The third kappa shape index (κ3) is 7.39. The molecule has 2 atom stereocenters. The molecular formula is C17H28Br2O2S. The average Bonchev–Trinajstić information content (AvgIpc) is 2.76. The van der Waals surface area contributed by atoms with Crippen molar-refractivity contribution in [3.63, 3.8) is 0 Å². The zero-order chi connectivity index (χ0) is 16.4. The number of thioether (sulfide) groups is 1. The van der Waals surface area contributed by atoms with Crippen LogP contribution >= 0.6 is 43.6 Å². The monoisotopic (exact) mass is 454 g/mol. The van der Waals surface area contributed by atoms with Crippen LogP contribution in [-0.4, -0.2) is 14.7 Å². The van der Waals surface area contributed by atoms with E-state index in [-0.39, 0.29) is 3.66 Å². The summed E-state index contributed by atoms with van der Waals surface area (Å²) in [6.07, 6.45) is 15.8. The van der Waals surface area contributed by atoms with Gasteiger partial charge < -0.3 is 5.11 Å². The van der Waals surface area contributed by atoms with Gasteiger partial charge in [0, 0.05) is 3.81 Å². The van der Waals surface area contributed by atoms with Gasteiger partial charge in [0.25, 0.3) is 0 Å². The lowest BCUT2D eigenvalue weighted by atomic mass is 9.99. The summed E-state index contributed by atoms with van der Waals surface area (Å²) in [5.74, 6) is -1.18. The van der Waals surface area contributed by atoms with Crippen molar-refractivity contribution in [2.45, 2.75) is 81.2 Å². The van der Waals surface area contributed by atoms with Crippen molar-refractivity contribution in [2.75, 3.05) is 0 Å². The fourth-order valence-electron chi connectivity index (χ4n) is 2.83. The first-order valence-electron chi connectivity index (χ1n) is 8.47. The second-order valence-electron chi connectivity index (χ2n) is 6.11. The van der Waals surface area contributed by atoms with Crippen LogP contribution in [0.25, 0.3) is 0 Å². The summed E-state index contributed by atoms with van der Waals surface area (Å²) in [6.45, 7) is 2.25. The van der Waals surface area contributed by atoms with Gasteiger partial charge in [0.1, 0.15) is 5.92 Å². The Morgan fingerprint density at radius 3 is 2.14 bits per heavy atom. The summed E-state index contributed by atoms with van der Waals surface area (Å²) >= 11 is 8.69. The van der Waals surface area contributed by atoms with Gasteiger partial charge in [-0.05, 0) is 28.4 Å². The number of carboxylic acids is 1. The number of alkyl halides is 1. The number of hydrogen-bond acceptors (Lipinski definition) is 2. The highest BCUT2D eigenvalue weighted by Crippen LogP contribution is 2.55. The molecule has 1 N–H and O–H groups in total. The number of carboxylic acid groups (broad SMARTS) is 1. The van der Waals surface area contributed by atoms with Gasteiger partial charge in [0.05, 0.1) is 3.66 Å². The quantitative estimate of drug-likeness (QED) is 0.252. The van der Waals surface area contributed by atoms with Crippen molar-refractivity contribution in [1.82, 2.24) is 0 Å². The summed E-state index contributed by atoms with van der Waals surface area (Å²) in [5, 5.41) is 9.32. The molecule has 22 heavy (non-hydrogen) atoms. The van der Waals surface area contributed by atoms with E-state index in [0.29, 0.717) is 0 Å². The van der Waals surface area contributed by atoms with Crippen LogP contribution in [0.4, 0.5) is 0 Å². The summed E-state index contributed by atoms with van der Waals surface area (Å²) in [4.78, 5) is 11.3. The second kappa shape index (κ2) is 11.1. The highest BCUT2D eigenvalue weighted by molar-refractivity contribution is 9.15. The van der Waals surface area contributed by atoms with Crippen molar-refractivity contribution >= 4 is 49.6 Å². The minimum Gasteiger partial charge on any atom is -0.481 e. The van der Waals surface area contributed by atoms with Crippen LogP contribution in [0.2, 0.25) is 0 Å². The van der Waals surface area contributed by atoms with E-state index in [1.807, 2.05) is 0 Å². The van der Waals surface area contributed by atoms with Crippen LogP contribution < -0.4 is 0 Å². The van der Waals surface area contributed by atoms with E-state index in [4.69, 9.17) is 0 Å². The molecule has 2 nitrogen and oxygen atoms in total. The van der Waals surface area contributed by atoms with Gasteiger partial charge in [-0.1, -0.05) is 98.8 Å². The van der Waals surface area contributed by atoms with E-state index >= 15 is 0 Å². The largest absolute Gasteiger partial charge is 0.481 e. The van der Waals surface area contributed by atoms with Crippen molar-refractivity contribution in [1.29, 1.82) is 0 Å². The lowest BCUT2D eigenvalue weighted by molar-refractivity contribution is -0.140. The van der Waals surface area contributed by atoms with Gasteiger partial charge in [-0.3, -0.25) is 4.79 Å². The van der Waals surface area contributed by atoms with Crippen molar-refractivity contribution in [3.8, 4) is 0 Å². The molecule has 128 valence electrons. The zero-order valence-corrected chi connectivity index (χ0v) is 17.4. The molecule has 0 amide bonds. The van der Waals surface area contributed by atoms with Crippen LogP contribution in [0.1, 0.15) is 77.6 Å². The number of carbonyl (C=O) groups is 1. The van der Waals surface area contributed by atoms with E-state index in [1.54, 1.807) is 17.8 Å². The molecule has 1 heterocycles. The molecule has 0 bridgehead atoms. The highest BCUT2D eigenvalue weighted by atomic mass is 79.9. The maximum Gasteiger partial charge on any atom is 0.312 e. The molecule has 0 fully saturated rings. The molecule has 1 aliphatic rings. The Morgan fingerprint density at radius 2 is 1.64 bits per heavy atom. The van der Waals surface area contributed by atoms with Crippen LogP contribution in [0.5, 0.6) is 0 Å². The van der Waals surface area contributed by atoms with E-state index in [9.17, 15) is 9.90 Å². The molecule has 0 saturated carbocycles. The van der Waals surface area contributed by atoms with E-state index < -0.39 is 11.9 Å². The molecule has 5 heteroatoms. The molecule has 0 aromatic rings. The predicted octanol–water partition coefficient (Wildman–Crippen LogP) is 7.07. The normalized spacial score (nSPS) is 24.5. The Morgan fingerprint density at radius 1 is 1.14 bits per heavy atom. The van der Waals surface area contributed by atoms with E-state index in [0.717, 1.165) is 16.7 Å². The SMILES string of the molecule is CCCCCCCCCCCCC1(Br)SC(Br)=CC1C(=O)O. The molecule has 0 saturated heterocycles. The maximum atomic E-state index is 11.3. The smallest absolute Gasteiger partial charge is 0.312 e. The fraction of sp³-hybridized carbons (Fsp3) is 0.824. The Balaban J connectivity index is 2.08. The first-order valence-corrected chi connectivity index (χ1v) is 10.9. The Kier molecular flexibility index (Phi) is 10.4. The van der Waals surface area contributed by atoms with Gasteiger partial charge in [0.2, 0.25) is 0 Å². The van der Waals surface area contributed by atoms with Gasteiger partial charge in [-0.2, -0.15) is 0 Å². The van der Waals surface area contributed by atoms with Crippen molar-refractivity contribution < 1.29 is 9.90 Å². The Labute approximate surface area is 156 Å². The molecule has 0 aromatic heterocycles. The predicted molar refractivity (Wildman–Crippen MR) is 104 cm³/mol. The number of aliphatic carboxylic acids is 1. The maximum absolute atomic E-state index is 11.3. The highest BCUT2D eigenvalue weighted by Gasteiger charge is 2.45. The minimum absolute atomic E-state index is 0.363. The van der Waals surface area contributed by atoms with Crippen LogP contribution in [0.15, 0.2) is 9.89 Å². The first-order chi connectivity index (χ1) is 10.5. The van der Waals surface area contributed by atoms with Crippen LogP contribution in [0, 0.1) is 5.92 Å². The van der Waals surface area contributed by atoms with Crippen molar-refractivity contribution in [3.05, 3.63) is 9.89 Å². The third-order valence-corrected chi connectivity index (χ3v) is 7.42. The second-order valence-corrected chi connectivity index (χ2v) is 10.8. The number of halogens is 2. The van der Waals surface area contributed by atoms with Gasteiger partial charge in [-0.15, -0.1) is 0 Å². The molecule has 0 spiro atoms. The standard InChI is InChI=1S/C17H28Br2O2S/c1-2-3-4-5-6-7-8-9-10-11-12-17(19)14(16(20)21)13-15(18)22-17/h13-14H,2-12H2,1H3,(H,20,21). The summed E-state index contributed by atoms with van der Waals surface area (Å²) in [5.41, 5.74) is 0. The summed E-state index contributed by atoms with van der Waals surface area (Å²) in [6, 6.07) is 0. The molecule has 1 rings (SSSR count). The van der Waals surface area contributed by atoms with Gasteiger partial charge in [-0.25, -0.2) is 0 Å². The minimum atomic E-state index is -0.745. The molecule has 0 aliphatic carbocycles. The topological polar surface area (TPSA) is 37.3 Å². The lowest BCUT2D eigenvalue weighted by Crippen LogP contribution is -2.29. The average molecular weight is 456 g/mol. The Hall–Kier alpha value is 0.520. The molecular weight excluding hydrogens is 428 g/mol. The summed E-state index contributed by atoms with van der Waals surface area (Å²) in [7, 11) is 0. The number of hydrogen-bond donors (Lipinski definition) is 1. The van der Waals surface area contributed by atoms with E-state index in [1.165, 1.54) is 57.8 Å². The molecule has 0 aromatic carbocycles. The first kappa shape index (κ1) is 20.6. The van der Waals surface area contributed by atoms with Crippen LogP contribution in [-0.2, 0) is 4.79 Å². The zero-order valence-electron chi connectivity index (χ0n) is 13.5. The molecule has 1 aliphatic heterocycles. The van der Waals surface area contributed by atoms with E-state index in [2.05, 4.69) is 38.8 Å². The number of rotatable bonds is 12. The Bertz CT molecular complexity index is 374. The fourth-order valence-corrected chi connectivity index (χ4v) is 6.82. The number of unbranched alkanes of at least 4 members (excludes halogenated alkanes) is 9.